The Bertz CT molecular complexity index is 573. The van der Waals surface area contributed by atoms with Crippen LogP contribution in [0.5, 0.6) is 5.75 Å². The molecular formula is C19H28N2O4. The van der Waals surface area contributed by atoms with Gasteiger partial charge in [0, 0.05) is 19.6 Å². The van der Waals surface area contributed by atoms with E-state index in [1.54, 1.807) is 4.90 Å². The third-order valence-corrected chi connectivity index (χ3v) is 4.43. The zero-order valence-electron chi connectivity index (χ0n) is 15.0. The molecule has 1 heterocycles. The first-order valence-electron chi connectivity index (χ1n) is 8.90. The van der Waals surface area contributed by atoms with E-state index in [1.165, 1.54) is 5.56 Å². The molecule has 0 aromatic heterocycles. The fourth-order valence-electron chi connectivity index (χ4n) is 3.05. The number of aryl methyl sites for hydroxylation is 1. The van der Waals surface area contributed by atoms with Gasteiger partial charge in [-0.1, -0.05) is 24.6 Å². The molecular weight excluding hydrogens is 320 g/mol. The maximum Gasteiger partial charge on any atom is 0.317 e. The second-order valence-electron chi connectivity index (χ2n) is 6.88. The van der Waals surface area contributed by atoms with E-state index in [1.807, 2.05) is 38.1 Å². The molecule has 1 aliphatic rings. The summed E-state index contributed by atoms with van der Waals surface area (Å²) in [6.45, 7) is 6.11. The van der Waals surface area contributed by atoms with Crippen LogP contribution < -0.4 is 10.1 Å². The minimum Gasteiger partial charge on any atom is -0.494 e. The first kappa shape index (κ1) is 19.1. The predicted molar refractivity (Wildman–Crippen MR) is 95.8 cm³/mol. The van der Waals surface area contributed by atoms with Gasteiger partial charge < -0.3 is 20.1 Å². The average molecular weight is 348 g/mol. The zero-order valence-corrected chi connectivity index (χ0v) is 15.0. The third kappa shape index (κ3) is 6.29. The van der Waals surface area contributed by atoms with Crippen molar-refractivity contribution in [3.8, 4) is 5.75 Å². The summed E-state index contributed by atoms with van der Waals surface area (Å²) < 4.78 is 5.65. The Labute approximate surface area is 149 Å². The van der Waals surface area contributed by atoms with Crippen molar-refractivity contribution >= 4 is 12.0 Å². The molecule has 0 aliphatic carbocycles. The fourth-order valence-corrected chi connectivity index (χ4v) is 3.05. The van der Waals surface area contributed by atoms with Crippen LogP contribution in [0.2, 0.25) is 0 Å². The Morgan fingerprint density at radius 1 is 1.24 bits per heavy atom. The summed E-state index contributed by atoms with van der Waals surface area (Å²) in [5.41, 5.74) is 1.20. The number of hydrogen-bond acceptors (Lipinski definition) is 3. The van der Waals surface area contributed by atoms with Crippen LogP contribution in [0.4, 0.5) is 4.79 Å². The maximum atomic E-state index is 12.2. The maximum absolute atomic E-state index is 12.2. The van der Waals surface area contributed by atoms with E-state index in [0.717, 1.165) is 18.6 Å². The van der Waals surface area contributed by atoms with Gasteiger partial charge in [-0.05, 0) is 44.2 Å². The average Bonchev–Trinajstić information content (AvgIpc) is 2.58. The molecule has 25 heavy (non-hydrogen) atoms. The highest BCUT2D eigenvalue weighted by Gasteiger charge is 2.31. The molecule has 0 bridgehead atoms. The third-order valence-electron chi connectivity index (χ3n) is 4.43. The van der Waals surface area contributed by atoms with E-state index in [-0.39, 0.29) is 11.9 Å². The molecule has 2 amide bonds. The number of aliphatic carboxylic acids is 1. The van der Waals surface area contributed by atoms with Gasteiger partial charge in [-0.3, -0.25) is 4.79 Å². The molecule has 1 aromatic rings. The molecule has 2 rings (SSSR count). The number of nitrogens with one attached hydrogen (secondary N) is 1. The normalized spacial score (nSPS) is 20.2. The molecule has 1 aromatic carbocycles. The number of piperidine rings is 1. The lowest BCUT2D eigenvalue weighted by atomic mass is 9.91. The smallest absolute Gasteiger partial charge is 0.317 e. The molecule has 2 N–H and O–H groups in total. The SMILES string of the molecule is Cc1ccc(OCCCCNC(=O)N2CC(C)CC(C(=O)O)C2)cc1. The summed E-state index contributed by atoms with van der Waals surface area (Å²) in [6.07, 6.45) is 2.31. The van der Waals surface area contributed by atoms with Crippen LogP contribution in [0, 0.1) is 18.8 Å². The molecule has 1 saturated heterocycles. The highest BCUT2D eigenvalue weighted by atomic mass is 16.5. The van der Waals surface area contributed by atoms with Gasteiger partial charge in [0.1, 0.15) is 5.75 Å². The van der Waals surface area contributed by atoms with E-state index in [9.17, 15) is 9.59 Å². The van der Waals surface area contributed by atoms with Crippen molar-refractivity contribution in [1.82, 2.24) is 10.2 Å². The Balaban J connectivity index is 1.61. The quantitative estimate of drug-likeness (QED) is 0.743. The molecule has 0 saturated carbocycles. The van der Waals surface area contributed by atoms with Gasteiger partial charge >= 0.3 is 12.0 Å². The number of carboxylic acids is 1. The second kappa shape index (κ2) is 9.30. The number of amides is 2. The lowest BCUT2D eigenvalue weighted by Gasteiger charge is -2.34. The number of carbonyl (C=O) groups excluding carboxylic acids is 1. The topological polar surface area (TPSA) is 78.9 Å². The number of nitrogens with zero attached hydrogens (tertiary/aromatic N) is 1. The minimum absolute atomic E-state index is 0.169. The number of carboxylic acid groups (broad SMARTS) is 1. The Hall–Kier alpha value is -2.24. The molecule has 0 spiro atoms. The molecule has 1 fully saturated rings. The molecule has 1 aliphatic heterocycles. The van der Waals surface area contributed by atoms with Gasteiger partial charge in [-0.25, -0.2) is 4.79 Å². The lowest BCUT2D eigenvalue weighted by molar-refractivity contribution is -0.143. The van der Waals surface area contributed by atoms with Gasteiger partial charge in [0.25, 0.3) is 0 Å². The fraction of sp³-hybridized carbons (Fsp3) is 0.579. The van der Waals surface area contributed by atoms with Crippen molar-refractivity contribution in [2.75, 3.05) is 26.2 Å². The molecule has 0 radical (unpaired) electrons. The number of likely N-dealkylation sites (tertiary alicyclic amines) is 1. The number of benzene rings is 1. The van der Waals surface area contributed by atoms with Crippen molar-refractivity contribution in [3.05, 3.63) is 29.8 Å². The van der Waals surface area contributed by atoms with E-state index >= 15 is 0 Å². The summed E-state index contributed by atoms with van der Waals surface area (Å²) in [4.78, 5) is 25.0. The largest absolute Gasteiger partial charge is 0.494 e. The summed E-state index contributed by atoms with van der Waals surface area (Å²) in [5.74, 6) is -0.213. The number of rotatable bonds is 7. The van der Waals surface area contributed by atoms with Crippen LogP contribution in [0.3, 0.4) is 0 Å². The second-order valence-corrected chi connectivity index (χ2v) is 6.88. The molecule has 6 heteroatoms. The standard InChI is InChI=1S/C19H28N2O4/c1-14-5-7-17(8-6-14)25-10-4-3-9-20-19(24)21-12-15(2)11-16(13-21)18(22)23/h5-8,15-16H,3-4,9-13H2,1-2H3,(H,20,24)(H,22,23). The van der Waals surface area contributed by atoms with Crippen molar-refractivity contribution < 1.29 is 19.4 Å². The van der Waals surface area contributed by atoms with E-state index in [2.05, 4.69) is 5.32 Å². The number of hydrogen-bond donors (Lipinski definition) is 2. The van der Waals surface area contributed by atoms with Crippen LogP contribution >= 0.6 is 0 Å². The van der Waals surface area contributed by atoms with Crippen molar-refractivity contribution in [3.63, 3.8) is 0 Å². The highest BCUT2D eigenvalue weighted by molar-refractivity contribution is 5.76. The number of ether oxygens (including phenoxy) is 1. The van der Waals surface area contributed by atoms with Crippen molar-refractivity contribution in [1.29, 1.82) is 0 Å². The zero-order chi connectivity index (χ0) is 18.2. The van der Waals surface area contributed by atoms with Gasteiger partial charge in [0.2, 0.25) is 0 Å². The van der Waals surface area contributed by atoms with Crippen molar-refractivity contribution in [2.24, 2.45) is 11.8 Å². The minimum atomic E-state index is -0.822. The van der Waals surface area contributed by atoms with Crippen LogP contribution in [-0.4, -0.2) is 48.2 Å². The van der Waals surface area contributed by atoms with Crippen LogP contribution in [0.25, 0.3) is 0 Å². The number of urea groups is 1. The summed E-state index contributed by atoms with van der Waals surface area (Å²) >= 11 is 0. The monoisotopic (exact) mass is 348 g/mol. The summed E-state index contributed by atoms with van der Waals surface area (Å²) in [6, 6.07) is 7.76. The highest BCUT2D eigenvalue weighted by Crippen LogP contribution is 2.21. The Morgan fingerprint density at radius 3 is 2.64 bits per heavy atom. The van der Waals surface area contributed by atoms with Gasteiger partial charge in [0.15, 0.2) is 0 Å². The molecule has 138 valence electrons. The number of unbranched alkanes of at least 4 members (excludes halogenated alkanes) is 1. The first-order chi connectivity index (χ1) is 12.0. The van der Waals surface area contributed by atoms with Gasteiger partial charge in [-0.2, -0.15) is 0 Å². The lowest BCUT2D eigenvalue weighted by Crippen LogP contribution is -2.49. The summed E-state index contributed by atoms with van der Waals surface area (Å²) in [5, 5.41) is 12.0. The predicted octanol–water partition coefficient (Wildman–Crippen LogP) is 2.91. The van der Waals surface area contributed by atoms with Gasteiger partial charge in [0.05, 0.1) is 12.5 Å². The van der Waals surface area contributed by atoms with Crippen LogP contribution in [0.1, 0.15) is 31.7 Å². The van der Waals surface area contributed by atoms with E-state index < -0.39 is 11.9 Å². The van der Waals surface area contributed by atoms with E-state index in [4.69, 9.17) is 9.84 Å². The summed E-state index contributed by atoms with van der Waals surface area (Å²) in [7, 11) is 0. The molecule has 6 nitrogen and oxygen atoms in total. The molecule has 2 unspecified atom stereocenters. The van der Waals surface area contributed by atoms with Crippen LogP contribution in [-0.2, 0) is 4.79 Å². The van der Waals surface area contributed by atoms with E-state index in [0.29, 0.717) is 32.7 Å². The first-order valence-corrected chi connectivity index (χ1v) is 8.90. The molecule has 2 atom stereocenters. The van der Waals surface area contributed by atoms with Crippen molar-refractivity contribution in [2.45, 2.75) is 33.1 Å². The number of carbonyl (C=O) groups is 2. The van der Waals surface area contributed by atoms with Gasteiger partial charge in [-0.15, -0.1) is 0 Å². The Kier molecular flexibility index (Phi) is 7.10. The Morgan fingerprint density at radius 2 is 1.96 bits per heavy atom. The van der Waals surface area contributed by atoms with Crippen LogP contribution in [0.15, 0.2) is 24.3 Å².